The molecule has 2 heterocycles. The van der Waals surface area contributed by atoms with Crippen LogP contribution in [0.15, 0.2) is 18.2 Å². The molecule has 0 spiro atoms. The predicted octanol–water partition coefficient (Wildman–Crippen LogP) is 1.01. The van der Waals surface area contributed by atoms with Gasteiger partial charge in [0.25, 0.3) is 5.91 Å². The van der Waals surface area contributed by atoms with E-state index in [1.807, 2.05) is 30.0 Å². The number of amides is 1. The molecule has 1 aromatic heterocycles. The zero-order chi connectivity index (χ0) is 15.7. The maximum absolute atomic E-state index is 12.8. The van der Waals surface area contributed by atoms with Crippen LogP contribution in [0, 0.1) is 6.92 Å². The van der Waals surface area contributed by atoms with Crippen LogP contribution in [0.4, 0.5) is 0 Å². The van der Waals surface area contributed by atoms with Crippen LogP contribution in [0.2, 0.25) is 0 Å². The molecular weight excluding hydrogens is 280 g/mol. The molecule has 1 fully saturated rings. The van der Waals surface area contributed by atoms with Gasteiger partial charge in [-0.25, -0.2) is 0 Å². The van der Waals surface area contributed by atoms with E-state index in [-0.39, 0.29) is 18.6 Å². The van der Waals surface area contributed by atoms with E-state index in [0.29, 0.717) is 25.3 Å². The molecule has 3 rings (SSSR count). The number of aryl methyl sites for hydroxylation is 1. The summed E-state index contributed by atoms with van der Waals surface area (Å²) in [6, 6.07) is 6.20. The predicted molar refractivity (Wildman–Crippen MR) is 84.9 cm³/mol. The number of carbonyl (C=O) groups excluding carboxylic acids is 1. The van der Waals surface area contributed by atoms with Crippen LogP contribution < -0.4 is 0 Å². The number of β-amino-alcohol motifs (C(OH)–C–C–N with tert-alkyl or cyclic N) is 1. The first-order valence-corrected chi connectivity index (χ1v) is 7.69. The average molecular weight is 302 g/mol. The van der Waals surface area contributed by atoms with Crippen LogP contribution in [-0.4, -0.2) is 69.8 Å². The Morgan fingerprint density at radius 2 is 2.27 bits per heavy atom. The number of fused-ring (bicyclic) bond motifs is 1. The van der Waals surface area contributed by atoms with Gasteiger partial charge < -0.3 is 10.0 Å². The molecule has 1 saturated heterocycles. The van der Waals surface area contributed by atoms with E-state index in [9.17, 15) is 4.79 Å². The van der Waals surface area contributed by atoms with E-state index >= 15 is 0 Å². The first-order valence-electron chi connectivity index (χ1n) is 7.69. The molecule has 1 aliphatic heterocycles. The first kappa shape index (κ1) is 15.0. The summed E-state index contributed by atoms with van der Waals surface area (Å²) in [6.07, 6.45) is 0. The highest BCUT2D eigenvalue weighted by atomic mass is 16.3. The van der Waals surface area contributed by atoms with Gasteiger partial charge in [0.2, 0.25) is 0 Å². The topological polar surface area (TPSA) is 72.5 Å². The van der Waals surface area contributed by atoms with Crippen LogP contribution >= 0.6 is 0 Å². The largest absolute Gasteiger partial charge is 0.395 e. The highest BCUT2D eigenvalue weighted by Gasteiger charge is 2.28. The van der Waals surface area contributed by atoms with E-state index in [1.54, 1.807) is 0 Å². The number of nitrogens with one attached hydrogen (secondary N) is 1. The second-order valence-corrected chi connectivity index (χ2v) is 5.98. The summed E-state index contributed by atoms with van der Waals surface area (Å²) in [6.45, 7) is 7.03. The van der Waals surface area contributed by atoms with Crippen molar-refractivity contribution < 1.29 is 9.90 Å². The third-order valence-corrected chi connectivity index (χ3v) is 4.36. The second-order valence-electron chi connectivity index (χ2n) is 5.98. The van der Waals surface area contributed by atoms with Gasteiger partial charge in [0, 0.05) is 37.6 Å². The third-order valence-electron chi connectivity index (χ3n) is 4.36. The van der Waals surface area contributed by atoms with Gasteiger partial charge in [0.15, 0.2) is 5.69 Å². The number of H-pyrrole nitrogens is 1. The third kappa shape index (κ3) is 2.71. The molecule has 0 radical (unpaired) electrons. The van der Waals surface area contributed by atoms with Crippen molar-refractivity contribution in [3.63, 3.8) is 0 Å². The second kappa shape index (κ2) is 6.06. The number of hydrogen-bond acceptors (Lipinski definition) is 4. The molecule has 1 aromatic carbocycles. The van der Waals surface area contributed by atoms with Crippen molar-refractivity contribution in [3.05, 3.63) is 29.5 Å². The molecule has 22 heavy (non-hydrogen) atoms. The molecule has 0 saturated carbocycles. The summed E-state index contributed by atoms with van der Waals surface area (Å²) in [7, 11) is 0. The van der Waals surface area contributed by atoms with Crippen molar-refractivity contribution in [1.29, 1.82) is 0 Å². The Bertz CT molecular complexity index is 682. The monoisotopic (exact) mass is 302 g/mol. The molecule has 0 aliphatic carbocycles. The maximum Gasteiger partial charge on any atom is 0.275 e. The lowest BCUT2D eigenvalue weighted by atomic mass is 10.1. The number of piperazine rings is 1. The summed E-state index contributed by atoms with van der Waals surface area (Å²) in [4.78, 5) is 16.8. The first-order chi connectivity index (χ1) is 10.6. The van der Waals surface area contributed by atoms with Crippen molar-refractivity contribution in [1.82, 2.24) is 20.0 Å². The number of nitrogens with zero attached hydrogens (tertiary/aromatic N) is 3. The highest BCUT2D eigenvalue weighted by Crippen LogP contribution is 2.20. The maximum atomic E-state index is 12.8. The van der Waals surface area contributed by atoms with Gasteiger partial charge in [-0.3, -0.25) is 14.8 Å². The molecule has 1 amide bonds. The number of aromatic nitrogens is 2. The van der Waals surface area contributed by atoms with Gasteiger partial charge in [0.05, 0.1) is 12.1 Å². The quantitative estimate of drug-likeness (QED) is 0.887. The minimum Gasteiger partial charge on any atom is -0.395 e. The van der Waals surface area contributed by atoms with Crippen LogP contribution in [-0.2, 0) is 0 Å². The Labute approximate surface area is 129 Å². The molecule has 1 atom stereocenters. The van der Waals surface area contributed by atoms with Gasteiger partial charge in [0.1, 0.15) is 0 Å². The van der Waals surface area contributed by atoms with Crippen molar-refractivity contribution in [2.45, 2.75) is 19.9 Å². The van der Waals surface area contributed by atoms with Crippen molar-refractivity contribution in [2.24, 2.45) is 0 Å². The SMILES string of the molecule is Cc1ccc2[nH]nc(C(=O)N3CCN(CCO)C(C)C3)c2c1. The van der Waals surface area contributed by atoms with E-state index < -0.39 is 0 Å². The van der Waals surface area contributed by atoms with Crippen molar-refractivity contribution in [2.75, 3.05) is 32.8 Å². The van der Waals surface area contributed by atoms with Crippen LogP contribution in [0.25, 0.3) is 10.9 Å². The van der Waals surface area contributed by atoms with Gasteiger partial charge in [-0.15, -0.1) is 0 Å². The minimum absolute atomic E-state index is 0.0210. The summed E-state index contributed by atoms with van der Waals surface area (Å²) in [5, 5.41) is 17.1. The minimum atomic E-state index is -0.0210. The highest BCUT2D eigenvalue weighted by molar-refractivity contribution is 6.04. The summed E-state index contributed by atoms with van der Waals surface area (Å²) in [5.41, 5.74) is 2.51. The van der Waals surface area contributed by atoms with E-state index in [0.717, 1.165) is 23.0 Å². The van der Waals surface area contributed by atoms with Gasteiger partial charge >= 0.3 is 0 Å². The smallest absolute Gasteiger partial charge is 0.275 e. The fraction of sp³-hybridized carbons (Fsp3) is 0.500. The Kier molecular flexibility index (Phi) is 4.13. The molecule has 1 unspecified atom stereocenters. The summed E-state index contributed by atoms with van der Waals surface area (Å²) >= 11 is 0. The number of aliphatic hydroxyl groups excluding tert-OH is 1. The number of aromatic amines is 1. The molecule has 0 bridgehead atoms. The van der Waals surface area contributed by atoms with Crippen LogP contribution in [0.1, 0.15) is 23.0 Å². The van der Waals surface area contributed by atoms with Crippen molar-refractivity contribution >= 4 is 16.8 Å². The molecule has 2 N–H and O–H groups in total. The zero-order valence-electron chi connectivity index (χ0n) is 13.0. The number of hydrogen-bond donors (Lipinski definition) is 2. The van der Waals surface area contributed by atoms with Gasteiger partial charge in [-0.2, -0.15) is 5.10 Å². The number of aliphatic hydroxyl groups is 1. The molecule has 2 aromatic rings. The zero-order valence-corrected chi connectivity index (χ0v) is 13.0. The molecule has 6 heteroatoms. The Balaban J connectivity index is 1.80. The lowest BCUT2D eigenvalue weighted by molar-refractivity contribution is 0.0466. The Morgan fingerprint density at radius 1 is 1.45 bits per heavy atom. The van der Waals surface area contributed by atoms with E-state index in [2.05, 4.69) is 22.0 Å². The number of benzene rings is 1. The number of carbonyl (C=O) groups is 1. The standard InChI is InChI=1S/C16H22N4O2/c1-11-3-4-14-13(9-11)15(18-17-14)16(22)20-6-5-19(7-8-21)12(2)10-20/h3-4,9,12,21H,5-8,10H2,1-2H3,(H,17,18). The molecule has 6 nitrogen and oxygen atoms in total. The van der Waals surface area contributed by atoms with Crippen LogP contribution in [0.3, 0.4) is 0 Å². The summed E-state index contributed by atoms with van der Waals surface area (Å²) < 4.78 is 0. The average Bonchev–Trinajstić information content (AvgIpc) is 2.91. The molecule has 1 aliphatic rings. The van der Waals surface area contributed by atoms with Crippen molar-refractivity contribution in [3.8, 4) is 0 Å². The summed E-state index contributed by atoms with van der Waals surface area (Å²) in [5.74, 6) is -0.0210. The number of rotatable bonds is 3. The molecular formula is C16H22N4O2. The fourth-order valence-electron chi connectivity index (χ4n) is 3.08. The van der Waals surface area contributed by atoms with Gasteiger partial charge in [-0.05, 0) is 26.0 Å². The van der Waals surface area contributed by atoms with E-state index in [4.69, 9.17) is 5.11 Å². The Hall–Kier alpha value is -1.92. The normalized spacial score (nSPS) is 19.8. The lowest BCUT2D eigenvalue weighted by Gasteiger charge is -2.39. The van der Waals surface area contributed by atoms with Gasteiger partial charge in [-0.1, -0.05) is 11.6 Å². The Morgan fingerprint density at radius 3 is 3.00 bits per heavy atom. The fourth-order valence-corrected chi connectivity index (χ4v) is 3.08. The van der Waals surface area contributed by atoms with Crippen LogP contribution in [0.5, 0.6) is 0 Å². The molecule has 118 valence electrons. The van der Waals surface area contributed by atoms with E-state index in [1.165, 1.54) is 0 Å². The lowest BCUT2D eigenvalue weighted by Crippen LogP contribution is -2.54.